The van der Waals surface area contributed by atoms with Crippen molar-refractivity contribution < 1.29 is 12.1 Å². The molecule has 0 atom stereocenters. The van der Waals surface area contributed by atoms with E-state index in [0.717, 1.165) is 0 Å². The van der Waals surface area contributed by atoms with Crippen molar-refractivity contribution in [2.45, 2.75) is 13.2 Å². The molecule has 3 heteroatoms. The third kappa shape index (κ3) is 1.58. The Bertz CT molecular complexity index is 173. The van der Waals surface area contributed by atoms with Crippen LogP contribution >= 0.6 is 0 Å². The Morgan fingerprint density at radius 1 is 2.50 bits per heavy atom. The molecular formula is C3H8N2O. The van der Waals surface area contributed by atoms with Crippen molar-refractivity contribution in [1.82, 2.24) is 0 Å². The predicted molar refractivity (Wildman–Crippen MR) is 23.7 cm³/mol. The lowest BCUT2D eigenvalue weighted by molar-refractivity contribution is 0.317. The van der Waals surface area contributed by atoms with E-state index in [0.29, 0.717) is 0 Å². The average Bonchev–Trinajstić information content (AvgIpc) is 1.83. The lowest BCUT2D eigenvalue weighted by Crippen LogP contribution is -2.08. The third-order valence-corrected chi connectivity index (χ3v) is 0.236. The van der Waals surface area contributed by atoms with Crippen molar-refractivity contribution in [2.24, 2.45) is 10.9 Å². The van der Waals surface area contributed by atoms with Crippen molar-refractivity contribution in [3.05, 3.63) is 0 Å². The van der Waals surface area contributed by atoms with Gasteiger partial charge in [0.25, 0.3) is 0 Å². The van der Waals surface area contributed by atoms with Gasteiger partial charge < -0.3 is 10.9 Å². The van der Waals surface area contributed by atoms with Gasteiger partial charge in [0.1, 0.15) is 5.84 Å². The Kier molecular flexibility index (Phi) is 0.467. The van der Waals surface area contributed by atoms with Crippen molar-refractivity contribution in [2.75, 3.05) is 0 Å². The van der Waals surface area contributed by atoms with Crippen LogP contribution in [-0.2, 0) is 0 Å². The van der Waals surface area contributed by atoms with Crippen LogP contribution in [0.15, 0.2) is 5.16 Å². The number of nitrogens with zero attached hydrogens (tertiary/aromatic N) is 1. The molecule has 0 spiro atoms. The van der Waals surface area contributed by atoms with Crippen molar-refractivity contribution in [1.29, 1.82) is 0 Å². The summed E-state index contributed by atoms with van der Waals surface area (Å²) in [7, 11) is 0. The molecule has 0 saturated heterocycles. The van der Waals surface area contributed by atoms with Gasteiger partial charge in [0.2, 0.25) is 0 Å². The summed E-state index contributed by atoms with van der Waals surface area (Å²) < 4.78 is 33.7. The molecule has 6 heavy (non-hydrogen) atoms. The minimum atomic E-state index is -2.91. The maximum atomic E-state index is 8.01. The van der Waals surface area contributed by atoms with Gasteiger partial charge in [-0.3, -0.25) is 0 Å². The van der Waals surface area contributed by atoms with E-state index in [-0.39, 0.29) is 0 Å². The molecule has 0 saturated carbocycles. The van der Waals surface area contributed by atoms with Gasteiger partial charge in [-0.05, 0) is 0 Å². The highest BCUT2D eigenvalue weighted by atomic mass is 16.4. The quantitative estimate of drug-likeness (QED) is 0.210. The van der Waals surface area contributed by atoms with Gasteiger partial charge in [0.05, 0.1) is 0 Å². The molecule has 0 aromatic heterocycles. The largest absolute Gasteiger partial charge is 0.409 e. The monoisotopic (exact) mass is 93.1 g/mol. The van der Waals surface area contributed by atoms with E-state index in [1.54, 1.807) is 0 Å². The Morgan fingerprint density at radius 3 is 3.33 bits per heavy atom. The zero-order valence-electron chi connectivity index (χ0n) is 7.97. The van der Waals surface area contributed by atoms with Gasteiger partial charge in [-0.25, -0.2) is 0 Å². The van der Waals surface area contributed by atoms with Crippen LogP contribution in [0, 0.1) is 0 Å². The van der Waals surface area contributed by atoms with E-state index >= 15 is 0 Å². The van der Waals surface area contributed by atoms with Crippen LogP contribution in [-0.4, -0.2) is 11.0 Å². The first kappa shape index (κ1) is 1.12. The molecule has 0 aliphatic rings. The van der Waals surface area contributed by atoms with Crippen LogP contribution in [0.4, 0.5) is 0 Å². The van der Waals surface area contributed by atoms with Crippen LogP contribution in [0.3, 0.4) is 0 Å². The summed E-state index contributed by atoms with van der Waals surface area (Å²) in [6, 6.07) is 0. The van der Waals surface area contributed by atoms with Gasteiger partial charge in [-0.2, -0.15) is 0 Å². The molecule has 3 nitrogen and oxygen atoms in total. The molecule has 0 aliphatic carbocycles. The van der Waals surface area contributed by atoms with Crippen LogP contribution in [0.2, 0.25) is 0 Å². The van der Waals surface area contributed by atoms with E-state index in [1.165, 1.54) is 0 Å². The standard InChI is InChI=1S/C3H8N2O/c1-2-3(4)5-6/h6H,2H2,1H3,(H2,4,5)/i1D3,2D2. The minimum Gasteiger partial charge on any atom is -0.409 e. The molecule has 0 aromatic carbocycles. The summed E-state index contributed by atoms with van der Waals surface area (Å²) in [6.07, 6.45) is -2.78. The molecule has 0 amide bonds. The zero-order valence-corrected chi connectivity index (χ0v) is 2.97. The van der Waals surface area contributed by atoms with Gasteiger partial charge >= 0.3 is 0 Å². The van der Waals surface area contributed by atoms with E-state index < -0.39 is 19.1 Å². The van der Waals surface area contributed by atoms with Crippen LogP contribution in [0.5, 0.6) is 0 Å². The Morgan fingerprint density at radius 2 is 3.17 bits per heavy atom. The highest BCUT2D eigenvalue weighted by molar-refractivity contribution is 5.79. The number of rotatable bonds is 1. The lowest BCUT2D eigenvalue weighted by atomic mass is 10.5. The molecule has 0 fully saturated rings. The Balaban J connectivity index is 4.74. The molecule has 36 valence electrons. The van der Waals surface area contributed by atoms with E-state index in [9.17, 15) is 0 Å². The first-order valence-electron chi connectivity index (χ1n) is 3.71. The first-order valence-corrected chi connectivity index (χ1v) is 1.21. The molecule has 0 radical (unpaired) electrons. The number of hydrogen-bond acceptors (Lipinski definition) is 2. The van der Waals surface area contributed by atoms with Crippen molar-refractivity contribution in [3.63, 3.8) is 0 Å². The van der Waals surface area contributed by atoms with Crippen LogP contribution in [0.25, 0.3) is 0 Å². The van der Waals surface area contributed by atoms with Crippen molar-refractivity contribution in [3.8, 4) is 0 Å². The third-order valence-electron chi connectivity index (χ3n) is 0.236. The average molecular weight is 93.1 g/mol. The fourth-order valence-electron chi connectivity index (χ4n) is 0.0250. The molecule has 0 heterocycles. The minimum absolute atomic E-state index is 0.947. The summed E-state index contributed by atoms with van der Waals surface area (Å²) in [6.45, 7) is -2.91. The number of oxime groups is 1. The summed E-state index contributed by atoms with van der Waals surface area (Å²) >= 11 is 0. The second kappa shape index (κ2) is 2.50. The van der Waals surface area contributed by atoms with Gasteiger partial charge in [-0.15, -0.1) is 0 Å². The molecule has 0 aromatic rings. The lowest BCUT2D eigenvalue weighted by Gasteiger charge is -1.82. The highest BCUT2D eigenvalue weighted by Gasteiger charge is 1.78. The highest BCUT2D eigenvalue weighted by Crippen LogP contribution is 1.70. The van der Waals surface area contributed by atoms with Gasteiger partial charge in [0.15, 0.2) is 0 Å². The predicted octanol–water partition coefficient (Wildman–Crippen LogP) is 0.143. The fraction of sp³-hybridized carbons (Fsp3) is 0.667. The Hall–Kier alpha value is -0.730. The van der Waals surface area contributed by atoms with E-state index in [4.69, 9.17) is 17.8 Å². The first-order chi connectivity index (χ1) is 4.73. The molecular weight excluding hydrogens is 80.0 g/mol. The van der Waals surface area contributed by atoms with Gasteiger partial charge in [-0.1, -0.05) is 12.0 Å². The summed E-state index contributed by atoms with van der Waals surface area (Å²) in [5.74, 6) is -0.947. The summed E-state index contributed by atoms with van der Waals surface area (Å²) in [5.41, 5.74) is 4.80. The Labute approximate surface area is 43.5 Å². The van der Waals surface area contributed by atoms with E-state index in [1.807, 2.05) is 0 Å². The molecule has 3 N–H and O–H groups in total. The fourth-order valence-corrected chi connectivity index (χ4v) is 0.0250. The van der Waals surface area contributed by atoms with Crippen LogP contribution < -0.4 is 5.73 Å². The van der Waals surface area contributed by atoms with Crippen molar-refractivity contribution >= 4 is 5.84 Å². The summed E-state index contributed by atoms with van der Waals surface area (Å²) in [4.78, 5) is 0. The molecule has 0 aliphatic heterocycles. The van der Waals surface area contributed by atoms with Crippen LogP contribution in [0.1, 0.15) is 20.1 Å². The maximum absolute atomic E-state index is 8.01. The molecule has 0 bridgehead atoms. The second-order valence-corrected chi connectivity index (χ2v) is 0.610. The molecule has 0 unspecified atom stereocenters. The number of hydrogen-bond donors (Lipinski definition) is 2. The number of nitrogens with two attached hydrogens (primary N) is 1. The second-order valence-electron chi connectivity index (χ2n) is 0.610. The topological polar surface area (TPSA) is 58.6 Å². The van der Waals surface area contributed by atoms with Gasteiger partial charge in [0, 0.05) is 13.2 Å². The SMILES string of the molecule is [2H]C([2H])([2H])C([2H])([2H])/C(N)=N/O. The smallest absolute Gasteiger partial charge is 0.138 e. The summed E-state index contributed by atoms with van der Waals surface area (Å²) in [5, 5.41) is 10.3. The molecule has 0 rings (SSSR count). The number of amidine groups is 1. The maximum Gasteiger partial charge on any atom is 0.138 e. The zero-order chi connectivity index (χ0) is 9.28. The normalized spacial score (nSPS) is 28.7. The van der Waals surface area contributed by atoms with E-state index in [2.05, 4.69) is 5.16 Å².